The molecule has 0 saturated heterocycles. The van der Waals surface area contributed by atoms with E-state index in [9.17, 15) is 9.90 Å². The number of aliphatic hydroxyl groups excluding tert-OH is 1. The number of aliphatic hydroxyl groups is 1. The molecule has 1 N–H and O–H groups in total. The molecule has 4 heteroatoms. The number of aromatic nitrogens is 1. The van der Waals surface area contributed by atoms with E-state index in [-0.39, 0.29) is 12.3 Å². The predicted octanol–water partition coefficient (Wildman–Crippen LogP) is 0.593. The van der Waals surface area contributed by atoms with Crippen molar-refractivity contribution in [3.05, 3.63) is 30.1 Å². The smallest absolute Gasteiger partial charge is 0.225 e. The molecule has 0 radical (unpaired) electrons. The number of carbonyl (C=O) groups is 1. The van der Waals surface area contributed by atoms with Gasteiger partial charge < -0.3 is 10.0 Å². The van der Waals surface area contributed by atoms with Crippen LogP contribution in [0.2, 0.25) is 0 Å². The number of pyridine rings is 1. The van der Waals surface area contributed by atoms with Crippen molar-refractivity contribution in [3.63, 3.8) is 0 Å². The summed E-state index contributed by atoms with van der Waals surface area (Å²) in [7, 11) is 3.33. The Balaban J connectivity index is 2.59. The van der Waals surface area contributed by atoms with Crippen LogP contribution < -0.4 is 0 Å². The van der Waals surface area contributed by atoms with E-state index in [2.05, 4.69) is 4.98 Å². The predicted molar refractivity (Wildman–Crippen MR) is 52.5 cm³/mol. The van der Waals surface area contributed by atoms with Crippen LogP contribution in [-0.4, -0.2) is 35.0 Å². The minimum atomic E-state index is -0.765. The van der Waals surface area contributed by atoms with Gasteiger partial charge in [-0.25, -0.2) is 0 Å². The van der Waals surface area contributed by atoms with Crippen LogP contribution >= 0.6 is 0 Å². The first-order valence-corrected chi connectivity index (χ1v) is 4.39. The van der Waals surface area contributed by atoms with Crippen molar-refractivity contribution in [1.82, 2.24) is 9.88 Å². The van der Waals surface area contributed by atoms with Crippen LogP contribution in [0, 0.1) is 0 Å². The van der Waals surface area contributed by atoms with Gasteiger partial charge in [-0.1, -0.05) is 6.07 Å². The molecular formula is C10H14N2O2. The summed E-state index contributed by atoms with van der Waals surface area (Å²) >= 11 is 0. The Kier molecular flexibility index (Phi) is 3.59. The molecule has 1 amide bonds. The lowest BCUT2D eigenvalue weighted by molar-refractivity contribution is -0.130. The molecule has 0 aliphatic rings. The second-order valence-electron chi connectivity index (χ2n) is 3.29. The third-order valence-corrected chi connectivity index (χ3v) is 1.94. The molecule has 1 rings (SSSR count). The Labute approximate surface area is 83.2 Å². The minimum Gasteiger partial charge on any atom is -0.388 e. The Hall–Kier alpha value is -1.42. The van der Waals surface area contributed by atoms with Gasteiger partial charge >= 0.3 is 0 Å². The summed E-state index contributed by atoms with van der Waals surface area (Å²) in [5.74, 6) is -0.0960. The van der Waals surface area contributed by atoms with Crippen LogP contribution in [0.25, 0.3) is 0 Å². The van der Waals surface area contributed by atoms with Gasteiger partial charge in [0, 0.05) is 26.5 Å². The Morgan fingerprint density at radius 1 is 1.64 bits per heavy atom. The maximum atomic E-state index is 11.3. The fourth-order valence-corrected chi connectivity index (χ4v) is 1.04. The first-order valence-electron chi connectivity index (χ1n) is 4.39. The Morgan fingerprint density at radius 2 is 2.36 bits per heavy atom. The monoisotopic (exact) mass is 194 g/mol. The van der Waals surface area contributed by atoms with Gasteiger partial charge in [-0.3, -0.25) is 9.78 Å². The summed E-state index contributed by atoms with van der Waals surface area (Å²) in [6, 6.07) is 3.49. The van der Waals surface area contributed by atoms with E-state index in [1.165, 1.54) is 4.90 Å². The van der Waals surface area contributed by atoms with E-state index in [0.717, 1.165) is 0 Å². The Bertz CT molecular complexity index is 298. The van der Waals surface area contributed by atoms with Crippen molar-refractivity contribution < 1.29 is 9.90 Å². The zero-order valence-electron chi connectivity index (χ0n) is 8.34. The summed E-state index contributed by atoms with van der Waals surface area (Å²) in [6.45, 7) is 0. The van der Waals surface area contributed by atoms with Crippen molar-refractivity contribution in [2.75, 3.05) is 14.1 Å². The van der Waals surface area contributed by atoms with Gasteiger partial charge in [-0.05, 0) is 11.6 Å². The molecular weight excluding hydrogens is 180 g/mol. The number of hydrogen-bond donors (Lipinski definition) is 1. The summed E-state index contributed by atoms with van der Waals surface area (Å²) in [6.07, 6.45) is 2.52. The van der Waals surface area contributed by atoms with Crippen LogP contribution in [0.4, 0.5) is 0 Å². The van der Waals surface area contributed by atoms with E-state index in [1.54, 1.807) is 38.6 Å². The molecule has 0 fully saturated rings. The first kappa shape index (κ1) is 10.7. The normalized spacial score (nSPS) is 12.2. The van der Waals surface area contributed by atoms with Crippen LogP contribution in [0.3, 0.4) is 0 Å². The maximum absolute atomic E-state index is 11.3. The number of carbonyl (C=O) groups excluding carboxylic acids is 1. The standard InChI is InChI=1S/C10H14N2O2/c1-12(2)10(14)6-9(13)8-4-3-5-11-7-8/h3-5,7,9,13H,6H2,1-2H3/t9-/m1/s1. The topological polar surface area (TPSA) is 53.4 Å². The van der Waals surface area contributed by atoms with Gasteiger partial charge in [0.15, 0.2) is 0 Å². The molecule has 1 heterocycles. The van der Waals surface area contributed by atoms with Gasteiger partial charge in [0.05, 0.1) is 12.5 Å². The zero-order valence-corrected chi connectivity index (χ0v) is 8.34. The van der Waals surface area contributed by atoms with Crippen molar-refractivity contribution in [2.45, 2.75) is 12.5 Å². The van der Waals surface area contributed by atoms with Crippen LogP contribution in [0.15, 0.2) is 24.5 Å². The highest BCUT2D eigenvalue weighted by Gasteiger charge is 2.13. The molecule has 1 aromatic rings. The van der Waals surface area contributed by atoms with E-state index < -0.39 is 6.10 Å². The summed E-state index contributed by atoms with van der Waals surface area (Å²) in [5, 5.41) is 9.65. The quantitative estimate of drug-likeness (QED) is 0.766. The summed E-state index contributed by atoms with van der Waals surface area (Å²) < 4.78 is 0. The molecule has 14 heavy (non-hydrogen) atoms. The Morgan fingerprint density at radius 3 is 2.86 bits per heavy atom. The average Bonchev–Trinajstić information content (AvgIpc) is 2.19. The van der Waals surface area contributed by atoms with E-state index in [0.29, 0.717) is 5.56 Å². The summed E-state index contributed by atoms with van der Waals surface area (Å²) in [4.78, 5) is 16.6. The highest BCUT2D eigenvalue weighted by Crippen LogP contribution is 2.15. The van der Waals surface area contributed by atoms with Crippen molar-refractivity contribution in [1.29, 1.82) is 0 Å². The molecule has 0 saturated carbocycles. The van der Waals surface area contributed by atoms with Crippen molar-refractivity contribution >= 4 is 5.91 Å². The molecule has 0 bridgehead atoms. The molecule has 1 aromatic heterocycles. The highest BCUT2D eigenvalue weighted by molar-refractivity contribution is 5.76. The SMILES string of the molecule is CN(C)C(=O)C[C@@H](O)c1cccnc1. The van der Waals surface area contributed by atoms with Gasteiger partial charge in [0.2, 0.25) is 5.91 Å². The number of rotatable bonds is 3. The highest BCUT2D eigenvalue weighted by atomic mass is 16.3. The van der Waals surface area contributed by atoms with Gasteiger partial charge in [-0.2, -0.15) is 0 Å². The van der Waals surface area contributed by atoms with E-state index in [1.807, 2.05) is 0 Å². The van der Waals surface area contributed by atoms with Crippen LogP contribution in [0.5, 0.6) is 0 Å². The first-order chi connectivity index (χ1) is 6.61. The second-order valence-corrected chi connectivity index (χ2v) is 3.29. The minimum absolute atomic E-state index is 0.0959. The number of hydrogen-bond acceptors (Lipinski definition) is 3. The molecule has 0 aliphatic heterocycles. The molecule has 76 valence electrons. The summed E-state index contributed by atoms with van der Waals surface area (Å²) in [5.41, 5.74) is 0.669. The van der Waals surface area contributed by atoms with Crippen molar-refractivity contribution in [3.8, 4) is 0 Å². The van der Waals surface area contributed by atoms with Gasteiger partial charge in [0.1, 0.15) is 0 Å². The third-order valence-electron chi connectivity index (χ3n) is 1.94. The van der Waals surface area contributed by atoms with Gasteiger partial charge in [0.25, 0.3) is 0 Å². The lowest BCUT2D eigenvalue weighted by Crippen LogP contribution is -2.23. The fourth-order valence-electron chi connectivity index (χ4n) is 1.04. The molecule has 0 aromatic carbocycles. The third kappa shape index (κ3) is 2.81. The van der Waals surface area contributed by atoms with E-state index >= 15 is 0 Å². The molecule has 0 unspecified atom stereocenters. The molecule has 0 spiro atoms. The van der Waals surface area contributed by atoms with E-state index in [4.69, 9.17) is 0 Å². The lowest BCUT2D eigenvalue weighted by Gasteiger charge is -2.14. The van der Waals surface area contributed by atoms with Crippen molar-refractivity contribution in [2.24, 2.45) is 0 Å². The maximum Gasteiger partial charge on any atom is 0.225 e. The number of nitrogens with zero attached hydrogens (tertiary/aromatic N) is 2. The largest absolute Gasteiger partial charge is 0.388 e. The number of amides is 1. The average molecular weight is 194 g/mol. The zero-order chi connectivity index (χ0) is 10.6. The lowest BCUT2D eigenvalue weighted by atomic mass is 10.1. The molecule has 0 aliphatic carbocycles. The van der Waals surface area contributed by atoms with Crippen LogP contribution in [-0.2, 0) is 4.79 Å². The molecule has 1 atom stereocenters. The second kappa shape index (κ2) is 4.72. The fraction of sp³-hybridized carbons (Fsp3) is 0.400. The van der Waals surface area contributed by atoms with Crippen LogP contribution in [0.1, 0.15) is 18.1 Å². The molecule has 4 nitrogen and oxygen atoms in total. The van der Waals surface area contributed by atoms with Gasteiger partial charge in [-0.15, -0.1) is 0 Å².